The van der Waals surface area contributed by atoms with Crippen LogP contribution in [0.4, 0.5) is 4.79 Å². The molecule has 122 valence electrons. The molecule has 0 radical (unpaired) electrons. The van der Waals surface area contributed by atoms with Crippen molar-refractivity contribution < 1.29 is 9.53 Å². The van der Waals surface area contributed by atoms with Crippen LogP contribution in [0.3, 0.4) is 0 Å². The molecule has 2 aromatic carbocycles. The SMILES string of the molecule is CCC(NC(=O)NCc1ccc(OC)cc1)c1ccc(Br)cc1. The van der Waals surface area contributed by atoms with Gasteiger partial charge < -0.3 is 15.4 Å². The summed E-state index contributed by atoms with van der Waals surface area (Å²) in [5.41, 5.74) is 2.12. The van der Waals surface area contributed by atoms with E-state index in [0.29, 0.717) is 6.54 Å². The van der Waals surface area contributed by atoms with Crippen LogP contribution in [0.1, 0.15) is 30.5 Å². The van der Waals surface area contributed by atoms with Gasteiger partial charge in [-0.2, -0.15) is 0 Å². The Balaban J connectivity index is 1.88. The van der Waals surface area contributed by atoms with Crippen molar-refractivity contribution in [3.05, 3.63) is 64.1 Å². The normalized spacial score (nSPS) is 11.6. The van der Waals surface area contributed by atoms with E-state index < -0.39 is 0 Å². The third-order valence-electron chi connectivity index (χ3n) is 3.60. The number of halogens is 1. The fourth-order valence-corrected chi connectivity index (χ4v) is 2.52. The minimum Gasteiger partial charge on any atom is -0.497 e. The summed E-state index contributed by atoms with van der Waals surface area (Å²) in [5.74, 6) is 0.805. The molecular weight excluding hydrogens is 356 g/mol. The number of methoxy groups -OCH3 is 1. The summed E-state index contributed by atoms with van der Waals surface area (Å²) >= 11 is 3.42. The maximum Gasteiger partial charge on any atom is 0.315 e. The van der Waals surface area contributed by atoms with E-state index in [4.69, 9.17) is 4.74 Å². The molecule has 0 spiro atoms. The first-order valence-corrected chi connectivity index (χ1v) is 8.34. The smallest absolute Gasteiger partial charge is 0.315 e. The highest BCUT2D eigenvalue weighted by molar-refractivity contribution is 9.10. The molecule has 2 rings (SSSR count). The van der Waals surface area contributed by atoms with E-state index in [1.54, 1.807) is 7.11 Å². The van der Waals surface area contributed by atoms with Gasteiger partial charge in [0, 0.05) is 11.0 Å². The molecule has 0 saturated carbocycles. The van der Waals surface area contributed by atoms with E-state index in [-0.39, 0.29) is 12.1 Å². The highest BCUT2D eigenvalue weighted by atomic mass is 79.9. The fourth-order valence-electron chi connectivity index (χ4n) is 2.25. The third-order valence-corrected chi connectivity index (χ3v) is 4.13. The molecule has 23 heavy (non-hydrogen) atoms. The van der Waals surface area contributed by atoms with Crippen LogP contribution >= 0.6 is 15.9 Å². The van der Waals surface area contributed by atoms with Gasteiger partial charge in [-0.05, 0) is 41.8 Å². The van der Waals surface area contributed by atoms with Crippen LogP contribution in [-0.4, -0.2) is 13.1 Å². The summed E-state index contributed by atoms with van der Waals surface area (Å²) in [6.07, 6.45) is 0.831. The van der Waals surface area contributed by atoms with E-state index in [2.05, 4.69) is 33.5 Å². The Labute approximate surface area is 145 Å². The Morgan fingerprint density at radius 2 is 1.78 bits per heavy atom. The van der Waals surface area contributed by atoms with Crippen molar-refractivity contribution in [1.82, 2.24) is 10.6 Å². The van der Waals surface area contributed by atoms with Crippen LogP contribution in [0.25, 0.3) is 0 Å². The number of ether oxygens (including phenoxy) is 1. The molecule has 1 unspecified atom stereocenters. The predicted octanol–water partition coefficient (Wildman–Crippen LogP) is 4.41. The Bertz CT molecular complexity index is 626. The molecule has 0 fully saturated rings. The summed E-state index contributed by atoms with van der Waals surface area (Å²) in [6, 6.07) is 15.5. The zero-order valence-electron chi connectivity index (χ0n) is 13.3. The molecule has 5 heteroatoms. The maximum atomic E-state index is 12.1. The molecule has 4 nitrogen and oxygen atoms in total. The average Bonchev–Trinajstić information content (AvgIpc) is 2.59. The molecule has 0 saturated heterocycles. The minimum absolute atomic E-state index is 0.000956. The van der Waals surface area contributed by atoms with Gasteiger partial charge in [-0.15, -0.1) is 0 Å². The first-order chi connectivity index (χ1) is 11.1. The summed E-state index contributed by atoms with van der Waals surface area (Å²) in [5, 5.41) is 5.89. The van der Waals surface area contributed by atoms with Crippen LogP contribution in [0.5, 0.6) is 5.75 Å². The summed E-state index contributed by atoms with van der Waals surface area (Å²) < 4.78 is 6.14. The molecule has 0 aliphatic carbocycles. The van der Waals surface area contributed by atoms with Crippen LogP contribution < -0.4 is 15.4 Å². The van der Waals surface area contributed by atoms with E-state index >= 15 is 0 Å². The molecular formula is C18H21BrN2O2. The van der Waals surface area contributed by atoms with Gasteiger partial charge in [-0.3, -0.25) is 0 Å². The van der Waals surface area contributed by atoms with Crippen molar-refractivity contribution in [3.63, 3.8) is 0 Å². The van der Waals surface area contributed by atoms with Crippen molar-refractivity contribution >= 4 is 22.0 Å². The number of carbonyl (C=O) groups is 1. The zero-order chi connectivity index (χ0) is 16.7. The second-order valence-corrected chi connectivity index (χ2v) is 6.10. The van der Waals surface area contributed by atoms with Crippen LogP contribution in [-0.2, 0) is 6.54 Å². The molecule has 0 aliphatic heterocycles. The van der Waals surface area contributed by atoms with Crippen molar-refractivity contribution in [3.8, 4) is 5.75 Å². The molecule has 0 bridgehead atoms. The summed E-state index contributed by atoms with van der Waals surface area (Å²) in [6.45, 7) is 2.53. The van der Waals surface area contributed by atoms with Crippen molar-refractivity contribution in [1.29, 1.82) is 0 Å². The van der Waals surface area contributed by atoms with Gasteiger partial charge >= 0.3 is 6.03 Å². The Morgan fingerprint density at radius 3 is 2.35 bits per heavy atom. The Kier molecular flexibility index (Phi) is 6.47. The van der Waals surface area contributed by atoms with Gasteiger partial charge in [0.15, 0.2) is 0 Å². The van der Waals surface area contributed by atoms with Crippen molar-refractivity contribution in [2.24, 2.45) is 0 Å². The van der Waals surface area contributed by atoms with E-state index in [0.717, 1.165) is 27.8 Å². The lowest BCUT2D eigenvalue weighted by molar-refractivity contribution is 0.236. The number of nitrogens with one attached hydrogen (secondary N) is 2. The lowest BCUT2D eigenvalue weighted by Gasteiger charge is -2.18. The van der Waals surface area contributed by atoms with Crippen molar-refractivity contribution in [2.45, 2.75) is 25.9 Å². The number of hydrogen-bond donors (Lipinski definition) is 2. The topological polar surface area (TPSA) is 50.4 Å². The quantitative estimate of drug-likeness (QED) is 0.784. The fraction of sp³-hybridized carbons (Fsp3) is 0.278. The van der Waals surface area contributed by atoms with Crippen LogP contribution in [0.15, 0.2) is 53.0 Å². The van der Waals surface area contributed by atoms with Gasteiger partial charge in [-0.25, -0.2) is 4.79 Å². The van der Waals surface area contributed by atoms with Gasteiger partial charge in [0.1, 0.15) is 5.75 Å². The standard InChI is InChI=1S/C18H21BrN2O2/c1-3-17(14-6-8-15(19)9-7-14)21-18(22)20-12-13-4-10-16(23-2)11-5-13/h4-11,17H,3,12H2,1-2H3,(H2,20,21,22). The van der Waals surface area contributed by atoms with Crippen LogP contribution in [0, 0.1) is 0 Å². The minimum atomic E-state index is -0.171. The first kappa shape index (κ1) is 17.3. The average molecular weight is 377 g/mol. The highest BCUT2D eigenvalue weighted by Gasteiger charge is 2.12. The number of benzene rings is 2. The third kappa shape index (κ3) is 5.28. The summed E-state index contributed by atoms with van der Waals surface area (Å²) in [7, 11) is 1.63. The monoisotopic (exact) mass is 376 g/mol. The lowest BCUT2D eigenvalue weighted by atomic mass is 10.1. The predicted molar refractivity (Wildman–Crippen MR) is 95.5 cm³/mol. The summed E-state index contributed by atoms with van der Waals surface area (Å²) in [4.78, 5) is 12.1. The first-order valence-electron chi connectivity index (χ1n) is 7.55. The lowest BCUT2D eigenvalue weighted by Crippen LogP contribution is -2.37. The van der Waals surface area contributed by atoms with E-state index in [1.807, 2.05) is 48.5 Å². The maximum absolute atomic E-state index is 12.1. The van der Waals surface area contributed by atoms with E-state index in [9.17, 15) is 4.79 Å². The molecule has 2 aromatic rings. The number of rotatable bonds is 6. The molecule has 1 atom stereocenters. The molecule has 2 amide bonds. The number of urea groups is 1. The number of carbonyl (C=O) groups excluding carboxylic acids is 1. The van der Waals surface area contributed by atoms with Crippen molar-refractivity contribution in [2.75, 3.05) is 7.11 Å². The van der Waals surface area contributed by atoms with Gasteiger partial charge in [0.2, 0.25) is 0 Å². The van der Waals surface area contributed by atoms with Gasteiger partial charge in [-0.1, -0.05) is 47.1 Å². The molecule has 0 heterocycles. The largest absolute Gasteiger partial charge is 0.497 e. The number of amides is 2. The van der Waals surface area contributed by atoms with Gasteiger partial charge in [0.25, 0.3) is 0 Å². The zero-order valence-corrected chi connectivity index (χ0v) is 14.9. The second-order valence-electron chi connectivity index (χ2n) is 5.19. The molecule has 2 N–H and O–H groups in total. The van der Waals surface area contributed by atoms with E-state index in [1.165, 1.54) is 0 Å². The number of hydrogen-bond acceptors (Lipinski definition) is 2. The Morgan fingerprint density at radius 1 is 1.13 bits per heavy atom. The molecule has 0 aromatic heterocycles. The Hall–Kier alpha value is -2.01. The second kappa shape index (κ2) is 8.58. The van der Waals surface area contributed by atoms with Crippen LogP contribution in [0.2, 0.25) is 0 Å². The highest BCUT2D eigenvalue weighted by Crippen LogP contribution is 2.19. The van der Waals surface area contributed by atoms with Gasteiger partial charge in [0.05, 0.1) is 13.2 Å². The molecule has 0 aliphatic rings.